The molecule has 0 radical (unpaired) electrons. The maximum atomic E-state index is 12.9. The number of aryl methyl sites for hydroxylation is 1. The number of anilines is 1. The van der Waals surface area contributed by atoms with Crippen molar-refractivity contribution in [1.82, 2.24) is 5.16 Å². The molecule has 0 bridgehead atoms. The number of hydrogen-bond acceptors (Lipinski definition) is 4. The van der Waals surface area contributed by atoms with Crippen LogP contribution in [0.15, 0.2) is 59.1 Å². The van der Waals surface area contributed by atoms with E-state index in [1.807, 2.05) is 54.6 Å². The van der Waals surface area contributed by atoms with Crippen molar-refractivity contribution < 1.29 is 14.1 Å². The first-order chi connectivity index (χ1) is 13.2. The van der Waals surface area contributed by atoms with Crippen molar-refractivity contribution in [2.75, 3.05) is 5.32 Å². The summed E-state index contributed by atoms with van der Waals surface area (Å²) in [7, 11) is 0. The molecule has 1 aliphatic rings. The normalized spacial score (nSPS) is 14.3. The Morgan fingerprint density at radius 3 is 2.67 bits per heavy atom. The number of ether oxygens (including phenoxy) is 1. The molecular formula is C22H22N2O3. The van der Waals surface area contributed by atoms with E-state index in [2.05, 4.69) is 10.5 Å². The highest BCUT2D eigenvalue weighted by Crippen LogP contribution is 2.28. The minimum Gasteiger partial charge on any atom is -0.490 e. The molecule has 3 aromatic rings. The van der Waals surface area contributed by atoms with Gasteiger partial charge in [0.15, 0.2) is 0 Å². The smallest absolute Gasteiger partial charge is 0.261 e. The van der Waals surface area contributed by atoms with Gasteiger partial charge in [-0.15, -0.1) is 0 Å². The van der Waals surface area contributed by atoms with Crippen LogP contribution in [0.25, 0.3) is 11.3 Å². The minimum atomic E-state index is -0.245. The predicted molar refractivity (Wildman–Crippen MR) is 104 cm³/mol. The average molecular weight is 362 g/mol. The van der Waals surface area contributed by atoms with Gasteiger partial charge in [0.1, 0.15) is 22.8 Å². The number of benzene rings is 2. The van der Waals surface area contributed by atoms with Gasteiger partial charge < -0.3 is 14.6 Å². The molecule has 1 heterocycles. The van der Waals surface area contributed by atoms with Crippen LogP contribution in [0.1, 0.15) is 41.8 Å². The molecule has 1 N–H and O–H groups in total. The van der Waals surface area contributed by atoms with E-state index in [0.717, 1.165) is 24.2 Å². The van der Waals surface area contributed by atoms with Gasteiger partial charge in [0.25, 0.3) is 5.91 Å². The number of carbonyl (C=O) groups excluding carboxylic acids is 1. The lowest BCUT2D eigenvalue weighted by Gasteiger charge is -2.14. The third kappa shape index (κ3) is 3.87. The van der Waals surface area contributed by atoms with Crippen LogP contribution in [0.5, 0.6) is 5.75 Å². The van der Waals surface area contributed by atoms with Crippen LogP contribution in [0.2, 0.25) is 0 Å². The Morgan fingerprint density at radius 2 is 1.89 bits per heavy atom. The Morgan fingerprint density at radius 1 is 1.11 bits per heavy atom. The third-order valence-electron chi connectivity index (χ3n) is 4.83. The molecule has 5 heteroatoms. The Balaban J connectivity index is 1.54. The molecule has 1 aliphatic carbocycles. The topological polar surface area (TPSA) is 64.4 Å². The van der Waals surface area contributed by atoms with Crippen LogP contribution in [0, 0.1) is 6.92 Å². The molecule has 5 nitrogen and oxygen atoms in total. The maximum Gasteiger partial charge on any atom is 0.261 e. The Bertz CT molecular complexity index is 928. The molecule has 1 saturated carbocycles. The standard InChI is InChI=1S/C22H22N2O3/c1-15-20(21(24-27-15)16-8-3-2-4-9-16)22(25)23-17-10-7-13-19(14-17)26-18-11-5-6-12-18/h2-4,7-10,13-14,18H,5-6,11-12H2,1H3,(H,23,25). The van der Waals surface area contributed by atoms with E-state index in [9.17, 15) is 4.79 Å². The number of nitrogens with one attached hydrogen (secondary N) is 1. The zero-order chi connectivity index (χ0) is 18.6. The van der Waals surface area contributed by atoms with Crippen molar-refractivity contribution in [2.24, 2.45) is 0 Å². The number of amides is 1. The summed E-state index contributed by atoms with van der Waals surface area (Å²) in [4.78, 5) is 12.9. The quantitative estimate of drug-likeness (QED) is 0.675. The second-order valence-electron chi connectivity index (χ2n) is 6.83. The number of hydrogen-bond donors (Lipinski definition) is 1. The van der Waals surface area contributed by atoms with Gasteiger partial charge in [-0.2, -0.15) is 0 Å². The molecule has 0 spiro atoms. The number of rotatable bonds is 5. The van der Waals surface area contributed by atoms with E-state index >= 15 is 0 Å². The van der Waals surface area contributed by atoms with Crippen molar-refractivity contribution >= 4 is 11.6 Å². The highest BCUT2D eigenvalue weighted by Gasteiger charge is 2.22. The van der Waals surface area contributed by atoms with Gasteiger partial charge in [0, 0.05) is 17.3 Å². The fourth-order valence-corrected chi connectivity index (χ4v) is 3.47. The SMILES string of the molecule is Cc1onc(-c2ccccc2)c1C(=O)Nc1cccc(OC2CCCC2)c1. The monoisotopic (exact) mass is 362 g/mol. The summed E-state index contributed by atoms with van der Waals surface area (Å²) < 4.78 is 11.3. The molecule has 2 aromatic carbocycles. The number of nitrogens with zero attached hydrogens (tertiary/aromatic N) is 1. The molecule has 0 atom stereocenters. The van der Waals surface area contributed by atoms with Crippen LogP contribution in [0.3, 0.4) is 0 Å². The van der Waals surface area contributed by atoms with Gasteiger partial charge in [-0.25, -0.2) is 0 Å². The van der Waals surface area contributed by atoms with Crippen molar-refractivity contribution in [3.05, 3.63) is 65.9 Å². The van der Waals surface area contributed by atoms with Crippen LogP contribution in [-0.4, -0.2) is 17.2 Å². The highest BCUT2D eigenvalue weighted by molar-refractivity contribution is 6.08. The van der Waals surface area contributed by atoms with Gasteiger partial charge in [0.05, 0.1) is 6.10 Å². The van der Waals surface area contributed by atoms with Crippen molar-refractivity contribution in [3.8, 4) is 17.0 Å². The second-order valence-corrected chi connectivity index (χ2v) is 6.83. The first kappa shape index (κ1) is 17.3. The van der Waals surface area contributed by atoms with E-state index in [1.165, 1.54) is 12.8 Å². The van der Waals surface area contributed by atoms with Gasteiger partial charge in [0.2, 0.25) is 0 Å². The summed E-state index contributed by atoms with van der Waals surface area (Å²) >= 11 is 0. The summed E-state index contributed by atoms with van der Waals surface area (Å²) in [6.07, 6.45) is 4.90. The Labute approximate surface area is 158 Å². The lowest BCUT2D eigenvalue weighted by Crippen LogP contribution is -2.14. The first-order valence-electron chi connectivity index (χ1n) is 9.30. The first-order valence-corrected chi connectivity index (χ1v) is 9.30. The summed E-state index contributed by atoms with van der Waals surface area (Å²) in [5, 5.41) is 7.02. The zero-order valence-corrected chi connectivity index (χ0v) is 15.3. The predicted octanol–water partition coefficient (Wildman–Crippen LogP) is 5.22. The van der Waals surface area contributed by atoms with E-state index in [1.54, 1.807) is 6.92 Å². The Hall–Kier alpha value is -3.08. The van der Waals surface area contributed by atoms with Crippen LogP contribution in [0.4, 0.5) is 5.69 Å². The average Bonchev–Trinajstić information content (AvgIpc) is 3.32. The van der Waals surface area contributed by atoms with Gasteiger partial charge in [-0.05, 0) is 44.7 Å². The van der Waals surface area contributed by atoms with E-state index in [4.69, 9.17) is 9.26 Å². The number of carbonyl (C=O) groups is 1. The zero-order valence-electron chi connectivity index (χ0n) is 15.3. The highest BCUT2D eigenvalue weighted by atomic mass is 16.5. The van der Waals surface area contributed by atoms with Crippen LogP contribution >= 0.6 is 0 Å². The molecule has 1 amide bonds. The van der Waals surface area contributed by atoms with Crippen LogP contribution < -0.4 is 10.1 Å². The number of aromatic nitrogens is 1. The molecule has 138 valence electrons. The van der Waals surface area contributed by atoms with Gasteiger partial charge in [-0.1, -0.05) is 41.6 Å². The molecule has 0 saturated heterocycles. The summed E-state index contributed by atoms with van der Waals surface area (Å²) in [6, 6.07) is 17.1. The largest absolute Gasteiger partial charge is 0.490 e. The Kier molecular flexibility index (Phi) is 4.92. The summed E-state index contributed by atoms with van der Waals surface area (Å²) in [5.74, 6) is 1.03. The van der Waals surface area contributed by atoms with E-state index in [0.29, 0.717) is 22.7 Å². The molecule has 1 aromatic heterocycles. The van der Waals surface area contributed by atoms with E-state index < -0.39 is 0 Å². The summed E-state index contributed by atoms with van der Waals surface area (Å²) in [5.41, 5.74) is 2.53. The molecule has 0 aliphatic heterocycles. The van der Waals surface area contributed by atoms with E-state index in [-0.39, 0.29) is 12.0 Å². The fraction of sp³-hybridized carbons (Fsp3) is 0.273. The molecule has 4 rings (SSSR count). The van der Waals surface area contributed by atoms with Crippen molar-refractivity contribution in [3.63, 3.8) is 0 Å². The molecular weight excluding hydrogens is 340 g/mol. The maximum absolute atomic E-state index is 12.9. The summed E-state index contributed by atoms with van der Waals surface area (Å²) in [6.45, 7) is 1.74. The van der Waals surface area contributed by atoms with Gasteiger partial charge >= 0.3 is 0 Å². The molecule has 0 unspecified atom stereocenters. The fourth-order valence-electron chi connectivity index (χ4n) is 3.47. The third-order valence-corrected chi connectivity index (χ3v) is 4.83. The molecule has 27 heavy (non-hydrogen) atoms. The van der Waals surface area contributed by atoms with Crippen molar-refractivity contribution in [2.45, 2.75) is 38.7 Å². The molecule has 1 fully saturated rings. The van der Waals surface area contributed by atoms with Crippen molar-refractivity contribution in [1.29, 1.82) is 0 Å². The minimum absolute atomic E-state index is 0.245. The second kappa shape index (κ2) is 7.66. The lowest BCUT2D eigenvalue weighted by atomic mass is 10.1. The van der Waals surface area contributed by atoms with Gasteiger partial charge in [-0.3, -0.25) is 4.79 Å². The van der Waals surface area contributed by atoms with Crippen LogP contribution in [-0.2, 0) is 0 Å². The lowest BCUT2D eigenvalue weighted by molar-refractivity contribution is 0.102.